The maximum atomic E-state index is 11.0. The van der Waals surface area contributed by atoms with Crippen LogP contribution in [-0.4, -0.2) is 11.8 Å². The first-order chi connectivity index (χ1) is 4.70. The summed E-state index contributed by atoms with van der Waals surface area (Å²) in [7, 11) is 0. The molecule has 1 saturated heterocycles. The van der Waals surface area contributed by atoms with Crippen LogP contribution in [0.4, 0.5) is 0 Å². The lowest BCUT2D eigenvalue weighted by molar-refractivity contribution is -0.128. The Labute approximate surface area is 58.8 Å². The molecule has 0 spiro atoms. The van der Waals surface area contributed by atoms with Crippen molar-refractivity contribution in [3.8, 4) is 0 Å². The predicted molar refractivity (Wildman–Crippen MR) is 34.0 cm³/mol. The molecular weight excluding hydrogens is 130 g/mol. The van der Waals surface area contributed by atoms with Crippen LogP contribution in [0.2, 0.25) is 0 Å². The highest BCUT2D eigenvalue weighted by atomic mass is 16.2. The quantitative estimate of drug-likeness (QED) is 0.522. The van der Waals surface area contributed by atoms with Crippen LogP contribution in [0, 0.1) is 11.3 Å². The Balaban J connectivity index is 2.31. The maximum absolute atomic E-state index is 11.0. The van der Waals surface area contributed by atoms with E-state index in [-0.39, 0.29) is 23.1 Å². The minimum absolute atomic E-state index is 0.0185. The summed E-state index contributed by atoms with van der Waals surface area (Å²) in [6, 6.07) is 0. The molecule has 0 radical (unpaired) electrons. The van der Waals surface area contributed by atoms with Gasteiger partial charge in [-0.1, -0.05) is 6.92 Å². The van der Waals surface area contributed by atoms with Gasteiger partial charge in [0.25, 0.3) is 0 Å². The lowest BCUT2D eigenvalue weighted by Gasteiger charge is -2.02. The minimum atomic E-state index is -0.267. The van der Waals surface area contributed by atoms with E-state index in [4.69, 9.17) is 0 Å². The number of amides is 2. The fourth-order valence-corrected chi connectivity index (χ4v) is 1.77. The molecule has 0 aromatic carbocycles. The first kappa shape index (κ1) is 5.89. The second kappa shape index (κ2) is 1.41. The third-order valence-corrected chi connectivity index (χ3v) is 2.71. The van der Waals surface area contributed by atoms with Crippen LogP contribution in [-0.2, 0) is 9.59 Å². The van der Waals surface area contributed by atoms with Crippen molar-refractivity contribution in [2.24, 2.45) is 11.3 Å². The Morgan fingerprint density at radius 3 is 2.60 bits per heavy atom. The smallest absolute Gasteiger partial charge is 0.233 e. The van der Waals surface area contributed by atoms with E-state index in [2.05, 4.69) is 5.32 Å². The van der Waals surface area contributed by atoms with Gasteiger partial charge in [0.2, 0.25) is 11.8 Å². The monoisotopic (exact) mass is 139 g/mol. The number of fused-ring (bicyclic) bond motifs is 1. The summed E-state index contributed by atoms with van der Waals surface area (Å²) < 4.78 is 0. The zero-order chi connectivity index (χ0) is 7.35. The van der Waals surface area contributed by atoms with Crippen LogP contribution in [0.1, 0.15) is 19.8 Å². The topological polar surface area (TPSA) is 46.2 Å². The van der Waals surface area contributed by atoms with Gasteiger partial charge in [-0.05, 0) is 12.8 Å². The molecular formula is C7H9NO2. The number of carbonyl (C=O) groups excluding carboxylic acids is 2. The number of hydrogen-bond acceptors (Lipinski definition) is 2. The van der Waals surface area contributed by atoms with Crippen LogP contribution in [0.25, 0.3) is 0 Å². The van der Waals surface area contributed by atoms with Crippen molar-refractivity contribution in [3.63, 3.8) is 0 Å². The molecule has 2 aliphatic rings. The molecule has 1 N–H and O–H groups in total. The van der Waals surface area contributed by atoms with Gasteiger partial charge < -0.3 is 0 Å². The zero-order valence-electron chi connectivity index (χ0n) is 5.81. The highest BCUT2D eigenvalue weighted by Gasteiger charge is 2.67. The summed E-state index contributed by atoms with van der Waals surface area (Å²) in [5.74, 6) is -0.0955. The number of rotatable bonds is 1. The highest BCUT2D eigenvalue weighted by molar-refractivity contribution is 6.11. The molecule has 2 amide bonds. The fraction of sp³-hybridized carbons (Fsp3) is 0.714. The van der Waals surface area contributed by atoms with Crippen LogP contribution < -0.4 is 5.32 Å². The molecule has 1 aliphatic carbocycles. The van der Waals surface area contributed by atoms with E-state index < -0.39 is 0 Å². The van der Waals surface area contributed by atoms with Gasteiger partial charge in [-0.2, -0.15) is 0 Å². The first-order valence-corrected chi connectivity index (χ1v) is 3.56. The molecule has 1 aliphatic heterocycles. The van der Waals surface area contributed by atoms with Gasteiger partial charge in [0, 0.05) is 0 Å². The Morgan fingerprint density at radius 1 is 1.70 bits per heavy atom. The molecule has 2 unspecified atom stereocenters. The van der Waals surface area contributed by atoms with E-state index in [0.29, 0.717) is 0 Å². The summed E-state index contributed by atoms with van der Waals surface area (Å²) >= 11 is 0. The van der Waals surface area contributed by atoms with Gasteiger partial charge in [-0.15, -0.1) is 0 Å². The van der Waals surface area contributed by atoms with Gasteiger partial charge in [0.05, 0.1) is 11.3 Å². The predicted octanol–water partition coefficient (Wildman–Crippen LogP) is 0.0591. The third-order valence-electron chi connectivity index (χ3n) is 2.71. The van der Waals surface area contributed by atoms with Gasteiger partial charge in [0.1, 0.15) is 0 Å². The molecule has 0 bridgehead atoms. The molecule has 10 heavy (non-hydrogen) atoms. The van der Waals surface area contributed by atoms with Crippen molar-refractivity contribution in [2.75, 3.05) is 0 Å². The Bertz CT molecular complexity index is 224. The van der Waals surface area contributed by atoms with Crippen LogP contribution in [0.5, 0.6) is 0 Å². The van der Waals surface area contributed by atoms with E-state index in [0.717, 1.165) is 12.8 Å². The average molecular weight is 139 g/mol. The molecule has 1 saturated carbocycles. The van der Waals surface area contributed by atoms with E-state index in [1.165, 1.54) is 0 Å². The van der Waals surface area contributed by atoms with Gasteiger partial charge in [-0.3, -0.25) is 14.9 Å². The molecule has 3 nitrogen and oxygen atoms in total. The first-order valence-electron chi connectivity index (χ1n) is 3.56. The lowest BCUT2D eigenvalue weighted by Crippen LogP contribution is -2.27. The molecule has 2 rings (SSSR count). The minimum Gasteiger partial charge on any atom is -0.296 e. The summed E-state index contributed by atoms with van der Waals surface area (Å²) in [5.41, 5.74) is -0.267. The summed E-state index contributed by atoms with van der Waals surface area (Å²) in [5, 5.41) is 2.33. The summed E-state index contributed by atoms with van der Waals surface area (Å²) in [6.45, 7) is 1.96. The lowest BCUT2D eigenvalue weighted by atomic mass is 10.0. The molecule has 2 atom stereocenters. The van der Waals surface area contributed by atoms with Gasteiger partial charge >= 0.3 is 0 Å². The Hall–Kier alpha value is -0.860. The molecule has 54 valence electrons. The number of hydrogen-bond donors (Lipinski definition) is 1. The zero-order valence-corrected chi connectivity index (χ0v) is 5.81. The SMILES string of the molecule is CCC12CC1C(=O)NC2=O. The number of piperidine rings is 1. The maximum Gasteiger partial charge on any atom is 0.233 e. The van der Waals surface area contributed by atoms with Crippen molar-refractivity contribution < 1.29 is 9.59 Å². The largest absolute Gasteiger partial charge is 0.296 e. The van der Waals surface area contributed by atoms with Crippen LogP contribution >= 0.6 is 0 Å². The average Bonchev–Trinajstić information content (AvgIpc) is 2.57. The Morgan fingerprint density at radius 2 is 2.40 bits per heavy atom. The van der Waals surface area contributed by atoms with E-state index in [1.807, 2.05) is 6.92 Å². The molecule has 1 heterocycles. The highest BCUT2D eigenvalue weighted by Crippen LogP contribution is 2.58. The summed E-state index contributed by atoms with van der Waals surface area (Å²) in [6.07, 6.45) is 1.59. The molecule has 0 aromatic rings. The van der Waals surface area contributed by atoms with Crippen molar-refractivity contribution >= 4 is 11.8 Å². The van der Waals surface area contributed by atoms with Crippen molar-refractivity contribution in [2.45, 2.75) is 19.8 Å². The van der Waals surface area contributed by atoms with Gasteiger partial charge in [-0.25, -0.2) is 0 Å². The standard InChI is InChI=1S/C7H9NO2/c1-2-7-3-4(7)5(9)8-6(7)10/h4H,2-3H2,1H3,(H,8,9,10). The van der Waals surface area contributed by atoms with Crippen molar-refractivity contribution in [1.82, 2.24) is 5.32 Å². The second-order valence-corrected chi connectivity index (χ2v) is 3.08. The molecule has 3 heteroatoms. The second-order valence-electron chi connectivity index (χ2n) is 3.08. The Kier molecular flexibility index (Phi) is 0.832. The van der Waals surface area contributed by atoms with E-state index in [1.54, 1.807) is 0 Å². The normalized spacial score (nSPS) is 43.1. The fourth-order valence-electron chi connectivity index (χ4n) is 1.77. The number of imide groups is 1. The molecule has 0 aromatic heterocycles. The van der Waals surface area contributed by atoms with Gasteiger partial charge in [0.15, 0.2) is 0 Å². The third kappa shape index (κ3) is 0.426. The number of carbonyl (C=O) groups is 2. The number of nitrogens with one attached hydrogen (secondary N) is 1. The van der Waals surface area contributed by atoms with E-state index >= 15 is 0 Å². The molecule has 2 fully saturated rings. The van der Waals surface area contributed by atoms with Crippen LogP contribution in [0.15, 0.2) is 0 Å². The van der Waals surface area contributed by atoms with E-state index in [9.17, 15) is 9.59 Å². The summed E-state index contributed by atoms with van der Waals surface area (Å²) in [4.78, 5) is 21.9. The van der Waals surface area contributed by atoms with Crippen LogP contribution in [0.3, 0.4) is 0 Å². The van der Waals surface area contributed by atoms with Crippen molar-refractivity contribution in [1.29, 1.82) is 0 Å². The van der Waals surface area contributed by atoms with Crippen molar-refractivity contribution in [3.05, 3.63) is 0 Å².